The zero-order valence-electron chi connectivity index (χ0n) is 11.5. The van der Waals surface area contributed by atoms with E-state index < -0.39 is 6.04 Å². The maximum atomic E-state index is 12.0. The largest absolute Gasteiger partial charge is 0.360 e. The highest BCUT2D eigenvalue weighted by atomic mass is 35.5. The Kier molecular flexibility index (Phi) is 4.59. The highest BCUT2D eigenvalue weighted by molar-refractivity contribution is 6.30. The molecule has 1 heterocycles. The number of hydrogen-bond acceptors (Lipinski definition) is 4. The van der Waals surface area contributed by atoms with E-state index in [1.165, 1.54) is 0 Å². The van der Waals surface area contributed by atoms with Crippen LogP contribution >= 0.6 is 11.6 Å². The Morgan fingerprint density at radius 3 is 2.52 bits per heavy atom. The van der Waals surface area contributed by atoms with E-state index in [0.717, 1.165) is 0 Å². The molecule has 1 aromatic heterocycles. The van der Waals surface area contributed by atoms with Gasteiger partial charge >= 0.3 is 0 Å². The van der Waals surface area contributed by atoms with Crippen molar-refractivity contribution in [3.63, 3.8) is 0 Å². The lowest BCUT2D eigenvalue weighted by Crippen LogP contribution is -2.41. The third kappa shape index (κ3) is 4.06. The second-order valence-corrected chi connectivity index (χ2v) is 4.95. The first-order valence-electron chi connectivity index (χ1n) is 6.26. The fraction of sp³-hybridized carbons (Fsp3) is 0.214. The van der Waals surface area contributed by atoms with Crippen molar-refractivity contribution >= 4 is 29.2 Å². The summed E-state index contributed by atoms with van der Waals surface area (Å²) in [5.74, 6) is 0.157. The predicted molar refractivity (Wildman–Crippen MR) is 78.2 cm³/mol. The molecule has 0 unspecified atom stereocenters. The molecule has 0 aliphatic carbocycles. The van der Waals surface area contributed by atoms with Crippen LogP contribution in [0, 0.1) is 6.92 Å². The molecular weight excluding hydrogens is 294 g/mol. The number of hydrogen-bond donors (Lipinski definition) is 2. The minimum absolute atomic E-state index is 0.310. The van der Waals surface area contributed by atoms with Gasteiger partial charge in [0.25, 0.3) is 5.91 Å². The summed E-state index contributed by atoms with van der Waals surface area (Å²) in [6.45, 7) is 3.30. The number of amides is 2. The fourth-order valence-corrected chi connectivity index (χ4v) is 1.73. The number of halogens is 1. The molecule has 0 saturated heterocycles. The molecule has 21 heavy (non-hydrogen) atoms. The van der Waals surface area contributed by atoms with Crippen LogP contribution in [0.25, 0.3) is 0 Å². The van der Waals surface area contributed by atoms with Crippen molar-refractivity contribution in [1.29, 1.82) is 0 Å². The molecule has 0 spiro atoms. The molecule has 0 radical (unpaired) electrons. The molecule has 7 heteroatoms. The fourth-order valence-electron chi connectivity index (χ4n) is 1.61. The molecule has 0 aliphatic rings. The van der Waals surface area contributed by atoms with Crippen molar-refractivity contribution in [2.75, 3.05) is 5.32 Å². The number of carbonyl (C=O) groups excluding carboxylic acids is 2. The summed E-state index contributed by atoms with van der Waals surface area (Å²) in [6, 6.07) is 7.27. The zero-order chi connectivity index (χ0) is 15.4. The molecule has 1 atom stereocenters. The van der Waals surface area contributed by atoms with Gasteiger partial charge in [0.15, 0.2) is 5.82 Å². The third-order valence-electron chi connectivity index (χ3n) is 2.73. The Morgan fingerprint density at radius 1 is 1.29 bits per heavy atom. The number of aromatic nitrogens is 1. The van der Waals surface area contributed by atoms with E-state index in [1.54, 1.807) is 44.2 Å². The van der Waals surface area contributed by atoms with E-state index in [0.29, 0.717) is 22.2 Å². The van der Waals surface area contributed by atoms with Gasteiger partial charge in [0, 0.05) is 16.7 Å². The van der Waals surface area contributed by atoms with Gasteiger partial charge in [-0.15, -0.1) is 0 Å². The van der Waals surface area contributed by atoms with Crippen LogP contribution in [0.1, 0.15) is 23.0 Å². The van der Waals surface area contributed by atoms with Crippen molar-refractivity contribution < 1.29 is 14.1 Å². The second-order valence-electron chi connectivity index (χ2n) is 4.51. The van der Waals surface area contributed by atoms with Crippen molar-refractivity contribution in [1.82, 2.24) is 10.5 Å². The predicted octanol–water partition coefficient (Wildman–Crippen LogP) is 2.39. The normalized spacial score (nSPS) is 11.8. The summed E-state index contributed by atoms with van der Waals surface area (Å²) >= 11 is 5.75. The van der Waals surface area contributed by atoms with E-state index in [1.807, 2.05) is 0 Å². The van der Waals surface area contributed by atoms with Gasteiger partial charge in [0.05, 0.1) is 0 Å². The van der Waals surface area contributed by atoms with Crippen LogP contribution in [0.4, 0.5) is 5.82 Å². The van der Waals surface area contributed by atoms with Crippen LogP contribution in [0.3, 0.4) is 0 Å². The summed E-state index contributed by atoms with van der Waals surface area (Å²) in [7, 11) is 0. The maximum Gasteiger partial charge on any atom is 0.251 e. The average molecular weight is 308 g/mol. The van der Waals surface area contributed by atoms with E-state index >= 15 is 0 Å². The van der Waals surface area contributed by atoms with Gasteiger partial charge in [-0.3, -0.25) is 9.59 Å². The lowest BCUT2D eigenvalue weighted by molar-refractivity contribution is -0.117. The molecule has 2 aromatic rings. The average Bonchev–Trinajstić information content (AvgIpc) is 2.84. The van der Waals surface area contributed by atoms with Crippen LogP contribution in [-0.2, 0) is 4.79 Å². The van der Waals surface area contributed by atoms with Crippen LogP contribution in [0.5, 0.6) is 0 Å². The maximum absolute atomic E-state index is 12.0. The lowest BCUT2D eigenvalue weighted by Gasteiger charge is -2.12. The minimum atomic E-state index is -0.717. The molecule has 0 fully saturated rings. The number of nitrogens with zero attached hydrogens (tertiary/aromatic N) is 1. The second kappa shape index (κ2) is 6.41. The molecular formula is C14H14ClN3O3. The SMILES string of the molecule is Cc1cc(NC(=O)[C@H](C)NC(=O)c2ccc(Cl)cc2)no1. The van der Waals surface area contributed by atoms with Gasteiger partial charge in [-0.1, -0.05) is 16.8 Å². The van der Waals surface area contributed by atoms with Crippen molar-refractivity contribution in [2.45, 2.75) is 19.9 Å². The summed E-state index contributed by atoms with van der Waals surface area (Å²) in [6.07, 6.45) is 0. The Balaban J connectivity index is 1.93. The Morgan fingerprint density at radius 2 is 1.95 bits per heavy atom. The van der Waals surface area contributed by atoms with Crippen LogP contribution in [-0.4, -0.2) is 23.0 Å². The molecule has 2 rings (SSSR count). The van der Waals surface area contributed by atoms with Gasteiger partial charge in [0.2, 0.25) is 5.91 Å². The molecule has 0 bridgehead atoms. The topological polar surface area (TPSA) is 84.2 Å². The highest BCUT2D eigenvalue weighted by Crippen LogP contribution is 2.10. The van der Waals surface area contributed by atoms with Gasteiger partial charge in [-0.25, -0.2) is 0 Å². The number of carbonyl (C=O) groups is 2. The Hall–Kier alpha value is -2.34. The minimum Gasteiger partial charge on any atom is -0.360 e. The summed E-state index contributed by atoms with van der Waals surface area (Å²) < 4.78 is 4.84. The van der Waals surface area contributed by atoms with Gasteiger partial charge < -0.3 is 15.2 Å². The van der Waals surface area contributed by atoms with Crippen molar-refractivity contribution in [3.8, 4) is 0 Å². The van der Waals surface area contributed by atoms with E-state index in [2.05, 4.69) is 15.8 Å². The molecule has 110 valence electrons. The first-order valence-corrected chi connectivity index (χ1v) is 6.64. The lowest BCUT2D eigenvalue weighted by atomic mass is 10.2. The molecule has 0 aliphatic heterocycles. The highest BCUT2D eigenvalue weighted by Gasteiger charge is 2.17. The number of rotatable bonds is 4. The van der Waals surface area contributed by atoms with E-state index in [4.69, 9.17) is 16.1 Å². The summed E-state index contributed by atoms with van der Waals surface area (Å²) in [5.41, 5.74) is 0.427. The summed E-state index contributed by atoms with van der Waals surface area (Å²) in [5, 5.41) is 9.33. The summed E-state index contributed by atoms with van der Waals surface area (Å²) in [4.78, 5) is 23.9. The number of anilines is 1. The van der Waals surface area contributed by atoms with Gasteiger partial charge in [-0.05, 0) is 38.1 Å². The number of aryl methyl sites for hydroxylation is 1. The number of benzene rings is 1. The van der Waals surface area contributed by atoms with Crippen molar-refractivity contribution in [2.24, 2.45) is 0 Å². The number of nitrogens with one attached hydrogen (secondary N) is 2. The molecule has 6 nitrogen and oxygen atoms in total. The van der Waals surface area contributed by atoms with Gasteiger partial charge in [-0.2, -0.15) is 0 Å². The quantitative estimate of drug-likeness (QED) is 0.908. The standard InChI is InChI=1S/C14H14ClN3O3/c1-8-7-12(18-21-8)17-13(19)9(2)16-14(20)10-3-5-11(15)6-4-10/h3-7,9H,1-2H3,(H,16,20)(H,17,18,19)/t9-/m0/s1. The van der Waals surface area contributed by atoms with Crippen LogP contribution in [0.15, 0.2) is 34.9 Å². The van der Waals surface area contributed by atoms with Gasteiger partial charge in [0.1, 0.15) is 11.8 Å². The third-order valence-corrected chi connectivity index (χ3v) is 2.98. The monoisotopic (exact) mass is 307 g/mol. The first-order chi connectivity index (χ1) is 9.95. The van der Waals surface area contributed by atoms with Crippen LogP contribution < -0.4 is 10.6 Å². The smallest absolute Gasteiger partial charge is 0.251 e. The van der Waals surface area contributed by atoms with E-state index in [9.17, 15) is 9.59 Å². The first kappa shape index (κ1) is 15.1. The zero-order valence-corrected chi connectivity index (χ0v) is 12.3. The Bertz CT molecular complexity index is 652. The van der Waals surface area contributed by atoms with Crippen LogP contribution in [0.2, 0.25) is 5.02 Å². The molecule has 2 amide bonds. The molecule has 0 saturated carbocycles. The van der Waals surface area contributed by atoms with E-state index in [-0.39, 0.29) is 11.8 Å². The molecule has 1 aromatic carbocycles. The van der Waals surface area contributed by atoms with Crippen molar-refractivity contribution in [3.05, 3.63) is 46.7 Å². The Labute approximate surface area is 126 Å². The molecule has 2 N–H and O–H groups in total.